The highest BCUT2D eigenvalue weighted by molar-refractivity contribution is 8.07. The van der Waals surface area contributed by atoms with Gasteiger partial charge in [-0.3, -0.25) is 4.79 Å². The fourth-order valence-corrected chi connectivity index (χ4v) is 6.10. The molecular formula is C15H24N2OS3. The average Bonchev–Trinajstić information content (AvgIpc) is 2.88. The van der Waals surface area contributed by atoms with Crippen molar-refractivity contribution in [2.75, 3.05) is 24.3 Å². The van der Waals surface area contributed by atoms with E-state index in [0.29, 0.717) is 5.92 Å². The molecule has 2 atom stereocenters. The number of hydrogen-bond donors (Lipinski definition) is 0. The number of carbonyl (C=O) groups excluding carboxylic acids is 1. The molecule has 1 aliphatic heterocycles. The van der Waals surface area contributed by atoms with Gasteiger partial charge in [0.1, 0.15) is 0 Å². The fraction of sp³-hybridized carbons (Fsp3) is 0.733. The molecule has 118 valence electrons. The van der Waals surface area contributed by atoms with E-state index in [4.69, 9.17) is 0 Å². The largest absolute Gasteiger partial charge is 0.337 e. The zero-order valence-electron chi connectivity index (χ0n) is 13.4. The second kappa shape index (κ2) is 7.38. The Labute approximate surface area is 140 Å². The van der Waals surface area contributed by atoms with Gasteiger partial charge in [0, 0.05) is 35.1 Å². The van der Waals surface area contributed by atoms with Crippen molar-refractivity contribution >= 4 is 40.8 Å². The normalized spacial score (nSPS) is 20.6. The van der Waals surface area contributed by atoms with Crippen molar-refractivity contribution < 1.29 is 4.79 Å². The number of nitrogens with zero attached hydrogens (tertiary/aromatic N) is 2. The van der Waals surface area contributed by atoms with Gasteiger partial charge >= 0.3 is 0 Å². The van der Waals surface area contributed by atoms with Gasteiger partial charge in [-0.05, 0) is 13.8 Å². The molecule has 2 heterocycles. The van der Waals surface area contributed by atoms with E-state index in [1.54, 1.807) is 23.1 Å². The molecule has 0 bridgehead atoms. The molecule has 3 nitrogen and oxygen atoms in total. The SMILES string of the molecule is Cc1nc(C(C)C)sc1[C@H](C)N(C)C(=O)[C@@H]1CSCCS1. The molecule has 1 aromatic rings. The lowest BCUT2D eigenvalue weighted by molar-refractivity contribution is -0.130. The van der Waals surface area contributed by atoms with Gasteiger partial charge in [0.2, 0.25) is 5.91 Å². The minimum absolute atomic E-state index is 0.107. The standard InChI is InChI=1S/C15H24N2OS3/c1-9(2)14-16-10(3)13(21-14)11(4)17(5)15(18)12-8-19-6-7-20-12/h9,11-12H,6-8H2,1-5H3/t11-,12-/m0/s1. The van der Waals surface area contributed by atoms with Crippen LogP contribution < -0.4 is 0 Å². The zero-order chi connectivity index (χ0) is 15.6. The Hall–Kier alpha value is -0.200. The third-order valence-corrected chi connectivity index (χ3v) is 8.11. The van der Waals surface area contributed by atoms with E-state index in [-0.39, 0.29) is 17.2 Å². The number of amides is 1. The van der Waals surface area contributed by atoms with E-state index in [0.717, 1.165) is 22.2 Å². The Morgan fingerprint density at radius 3 is 2.57 bits per heavy atom. The highest BCUT2D eigenvalue weighted by atomic mass is 32.2. The predicted molar refractivity (Wildman–Crippen MR) is 95.7 cm³/mol. The molecule has 1 saturated heterocycles. The first kappa shape index (κ1) is 17.2. The minimum atomic E-state index is 0.107. The second-order valence-electron chi connectivity index (χ2n) is 5.72. The van der Waals surface area contributed by atoms with Crippen LogP contribution in [0.25, 0.3) is 0 Å². The lowest BCUT2D eigenvalue weighted by Crippen LogP contribution is -2.39. The maximum Gasteiger partial charge on any atom is 0.236 e. The number of carbonyl (C=O) groups is 1. The van der Waals surface area contributed by atoms with E-state index < -0.39 is 0 Å². The summed E-state index contributed by atoms with van der Waals surface area (Å²) in [6.45, 7) is 8.50. The summed E-state index contributed by atoms with van der Waals surface area (Å²) in [6.07, 6.45) is 0. The molecule has 2 rings (SSSR count). The van der Waals surface area contributed by atoms with Crippen LogP contribution in [0.2, 0.25) is 0 Å². The van der Waals surface area contributed by atoms with Crippen LogP contribution in [0.1, 0.15) is 48.3 Å². The number of hydrogen-bond acceptors (Lipinski definition) is 5. The summed E-state index contributed by atoms with van der Waals surface area (Å²) in [5, 5.41) is 1.28. The van der Waals surface area contributed by atoms with Gasteiger partial charge in [-0.15, -0.1) is 23.1 Å². The van der Waals surface area contributed by atoms with Gasteiger partial charge in [0.05, 0.1) is 22.0 Å². The van der Waals surface area contributed by atoms with Crippen molar-refractivity contribution in [2.24, 2.45) is 0 Å². The highest BCUT2D eigenvalue weighted by Crippen LogP contribution is 2.33. The van der Waals surface area contributed by atoms with Gasteiger partial charge in [0.25, 0.3) is 0 Å². The lowest BCUT2D eigenvalue weighted by atomic mass is 10.2. The Morgan fingerprint density at radius 2 is 2.05 bits per heavy atom. The maximum absolute atomic E-state index is 12.6. The molecule has 6 heteroatoms. The average molecular weight is 345 g/mol. The smallest absolute Gasteiger partial charge is 0.236 e. The first-order valence-corrected chi connectivity index (χ1v) is 10.4. The first-order valence-electron chi connectivity index (χ1n) is 7.35. The Morgan fingerprint density at radius 1 is 1.33 bits per heavy atom. The second-order valence-corrected chi connectivity index (χ2v) is 9.24. The van der Waals surface area contributed by atoms with Crippen LogP contribution in [0.3, 0.4) is 0 Å². The third kappa shape index (κ3) is 3.96. The van der Waals surface area contributed by atoms with Gasteiger partial charge in [0.15, 0.2) is 0 Å². The van der Waals surface area contributed by atoms with Crippen LogP contribution in [0.5, 0.6) is 0 Å². The molecule has 0 aliphatic carbocycles. The number of thioether (sulfide) groups is 2. The van der Waals surface area contributed by atoms with Crippen molar-refractivity contribution in [1.82, 2.24) is 9.88 Å². The van der Waals surface area contributed by atoms with Gasteiger partial charge in [-0.25, -0.2) is 4.98 Å². The number of aryl methyl sites for hydroxylation is 1. The molecular weight excluding hydrogens is 320 g/mol. The van der Waals surface area contributed by atoms with Gasteiger partial charge < -0.3 is 4.90 Å². The van der Waals surface area contributed by atoms with E-state index in [9.17, 15) is 4.79 Å². The third-order valence-electron chi connectivity index (χ3n) is 3.74. The molecule has 0 radical (unpaired) electrons. The summed E-state index contributed by atoms with van der Waals surface area (Å²) < 4.78 is 0. The monoisotopic (exact) mass is 344 g/mol. The van der Waals surface area contributed by atoms with Gasteiger partial charge in [-0.1, -0.05) is 13.8 Å². The minimum Gasteiger partial charge on any atom is -0.337 e. The molecule has 0 spiro atoms. The molecule has 0 N–H and O–H groups in total. The molecule has 1 aliphatic rings. The van der Waals surface area contributed by atoms with E-state index in [1.807, 2.05) is 23.7 Å². The van der Waals surface area contributed by atoms with Crippen LogP contribution in [-0.2, 0) is 4.79 Å². The topological polar surface area (TPSA) is 33.2 Å². The van der Waals surface area contributed by atoms with Gasteiger partial charge in [-0.2, -0.15) is 11.8 Å². The van der Waals surface area contributed by atoms with Crippen LogP contribution in [0, 0.1) is 6.92 Å². The Balaban J connectivity index is 2.10. The summed E-state index contributed by atoms with van der Waals surface area (Å²) in [5.74, 6) is 3.90. The van der Waals surface area contributed by atoms with E-state index >= 15 is 0 Å². The van der Waals surface area contributed by atoms with Crippen molar-refractivity contribution in [1.29, 1.82) is 0 Å². The molecule has 21 heavy (non-hydrogen) atoms. The molecule has 1 aromatic heterocycles. The van der Waals surface area contributed by atoms with Crippen molar-refractivity contribution in [3.63, 3.8) is 0 Å². The summed E-state index contributed by atoms with van der Waals surface area (Å²) in [7, 11) is 1.93. The van der Waals surface area contributed by atoms with Crippen LogP contribution in [-0.4, -0.2) is 45.3 Å². The highest BCUT2D eigenvalue weighted by Gasteiger charge is 2.29. The number of thiazole rings is 1. The van der Waals surface area contributed by atoms with Crippen molar-refractivity contribution in [3.05, 3.63) is 15.6 Å². The quantitative estimate of drug-likeness (QED) is 0.828. The molecule has 1 fully saturated rings. The molecule has 0 unspecified atom stereocenters. The Bertz CT molecular complexity index is 495. The summed E-state index contributed by atoms with van der Waals surface area (Å²) in [4.78, 5) is 20.4. The van der Waals surface area contributed by atoms with Crippen LogP contribution >= 0.6 is 34.9 Å². The molecule has 1 amide bonds. The van der Waals surface area contributed by atoms with E-state index in [2.05, 4.69) is 32.7 Å². The lowest BCUT2D eigenvalue weighted by Gasteiger charge is -2.30. The molecule has 0 aromatic carbocycles. The molecule has 0 saturated carbocycles. The summed E-state index contributed by atoms with van der Waals surface area (Å²) in [5.41, 5.74) is 1.07. The number of rotatable bonds is 4. The maximum atomic E-state index is 12.6. The summed E-state index contributed by atoms with van der Waals surface area (Å²) >= 11 is 5.44. The van der Waals surface area contributed by atoms with Crippen molar-refractivity contribution in [2.45, 2.75) is 44.9 Å². The van der Waals surface area contributed by atoms with Crippen LogP contribution in [0.4, 0.5) is 0 Å². The van der Waals surface area contributed by atoms with Crippen LogP contribution in [0.15, 0.2) is 0 Å². The first-order chi connectivity index (χ1) is 9.91. The Kier molecular flexibility index (Phi) is 6.03. The number of aromatic nitrogens is 1. The van der Waals surface area contributed by atoms with E-state index in [1.165, 1.54) is 10.6 Å². The summed E-state index contributed by atoms with van der Waals surface area (Å²) in [6, 6.07) is 0.107. The predicted octanol–water partition coefficient (Wildman–Crippen LogP) is 3.94. The fourth-order valence-electron chi connectivity index (χ4n) is 2.29. The zero-order valence-corrected chi connectivity index (χ0v) is 15.8. The van der Waals surface area contributed by atoms with Crippen molar-refractivity contribution in [3.8, 4) is 0 Å².